The first kappa shape index (κ1) is 18.0. The summed E-state index contributed by atoms with van der Waals surface area (Å²) in [7, 11) is 0. The summed E-state index contributed by atoms with van der Waals surface area (Å²) in [6, 6.07) is 2.53. The number of rotatable bonds is 6. The van der Waals surface area contributed by atoms with E-state index in [9.17, 15) is 13.2 Å². The van der Waals surface area contributed by atoms with E-state index >= 15 is 0 Å². The van der Waals surface area contributed by atoms with Crippen LogP contribution in [0, 0.1) is 0 Å². The van der Waals surface area contributed by atoms with E-state index in [1.165, 1.54) is 0 Å². The van der Waals surface area contributed by atoms with Crippen LogP contribution in [0.15, 0.2) is 12.1 Å². The minimum atomic E-state index is -4.43. The Kier molecular flexibility index (Phi) is 6.28. The molecule has 3 nitrogen and oxygen atoms in total. The summed E-state index contributed by atoms with van der Waals surface area (Å²) >= 11 is 5.64. The maximum atomic E-state index is 12.7. The molecule has 1 aromatic rings. The molecule has 0 aromatic carbocycles. The molecule has 1 rings (SSSR count). The van der Waals surface area contributed by atoms with Gasteiger partial charge in [-0.15, -0.1) is 0 Å². The normalized spacial score (nSPS) is 12.5. The number of pyridine rings is 1. The van der Waals surface area contributed by atoms with Crippen molar-refractivity contribution in [3.8, 4) is 0 Å². The zero-order valence-electron chi connectivity index (χ0n) is 12.6. The van der Waals surface area contributed by atoms with Gasteiger partial charge in [0, 0.05) is 25.2 Å². The van der Waals surface area contributed by atoms with Crippen molar-refractivity contribution in [3.63, 3.8) is 0 Å². The molecule has 1 aromatic heterocycles. The molecule has 0 saturated heterocycles. The number of halogens is 4. The van der Waals surface area contributed by atoms with Crippen molar-refractivity contribution in [1.29, 1.82) is 0 Å². The third-order valence-corrected chi connectivity index (χ3v) is 3.32. The Labute approximate surface area is 128 Å². The number of hydrogen-bond donors (Lipinski definition) is 1. The molecule has 0 radical (unpaired) electrons. The van der Waals surface area contributed by atoms with Crippen LogP contribution in [0.2, 0.25) is 5.15 Å². The van der Waals surface area contributed by atoms with Crippen LogP contribution in [0.1, 0.15) is 33.3 Å². The molecule has 0 saturated carbocycles. The zero-order valence-corrected chi connectivity index (χ0v) is 13.4. The van der Waals surface area contributed by atoms with Crippen molar-refractivity contribution in [3.05, 3.63) is 22.8 Å². The topological polar surface area (TPSA) is 28.2 Å². The van der Waals surface area contributed by atoms with Gasteiger partial charge < -0.3 is 5.32 Å². The van der Waals surface area contributed by atoms with Crippen molar-refractivity contribution >= 4 is 17.4 Å². The molecule has 0 atom stereocenters. The molecule has 0 bridgehead atoms. The molecule has 7 heteroatoms. The standard InChI is InChI=1S/C14H21ClF3N3/c1-9(2)21(10(3)4)6-5-19-13-8-11(14(16,17)18)7-12(15)20-13/h7-10H,5-6H2,1-4H3,(H,19,20). The molecule has 0 fully saturated rings. The second kappa shape index (κ2) is 7.31. The monoisotopic (exact) mass is 323 g/mol. The van der Waals surface area contributed by atoms with Crippen molar-refractivity contribution in [2.45, 2.75) is 46.0 Å². The van der Waals surface area contributed by atoms with Gasteiger partial charge in [0.15, 0.2) is 0 Å². The molecule has 0 aliphatic carbocycles. The third kappa shape index (κ3) is 5.71. The van der Waals surface area contributed by atoms with E-state index < -0.39 is 11.7 Å². The van der Waals surface area contributed by atoms with Crippen LogP contribution in [-0.4, -0.2) is 35.1 Å². The van der Waals surface area contributed by atoms with Gasteiger partial charge in [-0.25, -0.2) is 4.98 Å². The highest BCUT2D eigenvalue weighted by Crippen LogP contribution is 2.31. The van der Waals surface area contributed by atoms with E-state index in [0.717, 1.165) is 12.1 Å². The summed E-state index contributed by atoms with van der Waals surface area (Å²) in [6.45, 7) is 9.55. The second-order valence-electron chi connectivity index (χ2n) is 5.41. The van der Waals surface area contributed by atoms with Crippen molar-refractivity contribution in [1.82, 2.24) is 9.88 Å². The Balaban J connectivity index is 2.70. The van der Waals surface area contributed by atoms with Crippen LogP contribution in [0.3, 0.4) is 0 Å². The van der Waals surface area contributed by atoms with E-state index in [1.54, 1.807) is 0 Å². The lowest BCUT2D eigenvalue weighted by atomic mass is 10.2. The van der Waals surface area contributed by atoms with Crippen LogP contribution in [0.4, 0.5) is 19.0 Å². The predicted molar refractivity (Wildman–Crippen MR) is 79.7 cm³/mol. The van der Waals surface area contributed by atoms with Gasteiger partial charge in [0.2, 0.25) is 0 Å². The Morgan fingerprint density at radius 2 is 1.76 bits per heavy atom. The lowest BCUT2D eigenvalue weighted by Crippen LogP contribution is -2.40. The SMILES string of the molecule is CC(C)N(CCNc1cc(C(F)(F)F)cc(Cl)n1)C(C)C. The lowest BCUT2D eigenvalue weighted by molar-refractivity contribution is -0.137. The number of hydrogen-bond acceptors (Lipinski definition) is 3. The predicted octanol–water partition coefficient (Wildman–Crippen LogP) is 4.28. The number of nitrogens with zero attached hydrogens (tertiary/aromatic N) is 2. The van der Waals surface area contributed by atoms with Gasteiger partial charge in [-0.2, -0.15) is 13.2 Å². The summed E-state index contributed by atoms with van der Waals surface area (Å²) in [5, 5.41) is 2.73. The van der Waals surface area contributed by atoms with Crippen LogP contribution < -0.4 is 5.32 Å². The molecule has 0 unspecified atom stereocenters. The molecule has 1 N–H and O–H groups in total. The summed E-state index contributed by atoms with van der Waals surface area (Å²) in [6.07, 6.45) is -4.43. The summed E-state index contributed by atoms with van der Waals surface area (Å²) in [4.78, 5) is 6.11. The number of alkyl halides is 3. The van der Waals surface area contributed by atoms with Gasteiger partial charge >= 0.3 is 6.18 Å². The van der Waals surface area contributed by atoms with Crippen LogP contribution in [0.25, 0.3) is 0 Å². The molecular formula is C14H21ClF3N3. The van der Waals surface area contributed by atoms with E-state index in [2.05, 4.69) is 42.9 Å². The Bertz CT molecular complexity index is 453. The summed E-state index contributed by atoms with van der Waals surface area (Å²) in [5.74, 6) is 0.141. The van der Waals surface area contributed by atoms with Gasteiger partial charge in [0.05, 0.1) is 5.56 Å². The van der Waals surface area contributed by atoms with Crippen molar-refractivity contribution in [2.24, 2.45) is 0 Å². The highest BCUT2D eigenvalue weighted by molar-refractivity contribution is 6.29. The third-order valence-electron chi connectivity index (χ3n) is 3.12. The van der Waals surface area contributed by atoms with Crippen LogP contribution >= 0.6 is 11.6 Å². The zero-order chi connectivity index (χ0) is 16.2. The Hall–Kier alpha value is -1.01. The average Bonchev–Trinajstić information content (AvgIpc) is 2.31. The molecular weight excluding hydrogens is 303 g/mol. The fourth-order valence-corrected chi connectivity index (χ4v) is 2.39. The van der Waals surface area contributed by atoms with E-state index in [0.29, 0.717) is 25.2 Å². The van der Waals surface area contributed by atoms with E-state index in [-0.39, 0.29) is 11.0 Å². The molecule has 1 heterocycles. The van der Waals surface area contributed by atoms with E-state index in [4.69, 9.17) is 11.6 Å². The highest BCUT2D eigenvalue weighted by Gasteiger charge is 2.31. The molecule has 120 valence electrons. The second-order valence-corrected chi connectivity index (χ2v) is 5.80. The quantitative estimate of drug-likeness (QED) is 0.792. The number of nitrogens with one attached hydrogen (secondary N) is 1. The van der Waals surface area contributed by atoms with Crippen LogP contribution in [-0.2, 0) is 6.18 Å². The van der Waals surface area contributed by atoms with Crippen molar-refractivity contribution < 1.29 is 13.2 Å². The molecule has 21 heavy (non-hydrogen) atoms. The summed E-state index contributed by atoms with van der Waals surface area (Å²) in [5.41, 5.74) is -0.797. The first-order chi connectivity index (χ1) is 9.61. The fraction of sp³-hybridized carbons (Fsp3) is 0.643. The lowest BCUT2D eigenvalue weighted by Gasteiger charge is -2.30. The fourth-order valence-electron chi connectivity index (χ4n) is 2.18. The van der Waals surface area contributed by atoms with E-state index in [1.807, 2.05) is 0 Å². The van der Waals surface area contributed by atoms with Gasteiger partial charge in [-0.3, -0.25) is 4.90 Å². The van der Waals surface area contributed by atoms with Crippen LogP contribution in [0.5, 0.6) is 0 Å². The first-order valence-electron chi connectivity index (χ1n) is 6.85. The van der Waals surface area contributed by atoms with Gasteiger partial charge in [0.25, 0.3) is 0 Å². The Morgan fingerprint density at radius 3 is 2.24 bits per heavy atom. The Morgan fingerprint density at radius 1 is 1.19 bits per heavy atom. The molecule has 0 aliphatic rings. The maximum Gasteiger partial charge on any atom is 0.416 e. The molecule has 0 spiro atoms. The van der Waals surface area contributed by atoms with Gasteiger partial charge in [-0.1, -0.05) is 11.6 Å². The van der Waals surface area contributed by atoms with Gasteiger partial charge in [0.1, 0.15) is 11.0 Å². The smallest absolute Gasteiger partial charge is 0.369 e. The summed E-state index contributed by atoms with van der Waals surface area (Å²) < 4.78 is 38.1. The first-order valence-corrected chi connectivity index (χ1v) is 7.23. The molecule has 0 amide bonds. The number of anilines is 1. The molecule has 0 aliphatic heterocycles. The number of aromatic nitrogens is 1. The minimum Gasteiger partial charge on any atom is -0.369 e. The van der Waals surface area contributed by atoms with Crippen molar-refractivity contribution in [2.75, 3.05) is 18.4 Å². The maximum absolute atomic E-state index is 12.7. The minimum absolute atomic E-state index is 0.141. The van der Waals surface area contributed by atoms with Gasteiger partial charge in [-0.05, 0) is 39.8 Å². The highest BCUT2D eigenvalue weighted by atomic mass is 35.5. The average molecular weight is 324 g/mol. The largest absolute Gasteiger partial charge is 0.416 e.